The minimum Gasteiger partial charge on any atom is -0.328 e. The highest BCUT2D eigenvalue weighted by atomic mass is 16.7. The molecule has 112 valence electrons. The average molecular weight is 276 g/mol. The van der Waals surface area contributed by atoms with Gasteiger partial charge < -0.3 is 5.73 Å². The highest BCUT2D eigenvalue weighted by Crippen LogP contribution is 2.40. The van der Waals surface area contributed by atoms with E-state index in [4.69, 9.17) is 10.6 Å². The summed E-state index contributed by atoms with van der Waals surface area (Å²) in [4.78, 5) is 6.37. The fourth-order valence-corrected chi connectivity index (χ4v) is 3.30. The maximum absolute atomic E-state index is 6.37. The van der Waals surface area contributed by atoms with Crippen LogP contribution in [0.4, 0.5) is 0 Å². The van der Waals surface area contributed by atoms with Crippen molar-refractivity contribution in [1.82, 2.24) is 5.06 Å². The first-order valence-electron chi connectivity index (χ1n) is 7.59. The van der Waals surface area contributed by atoms with Crippen molar-refractivity contribution in [3.05, 3.63) is 35.9 Å². The molecule has 1 aliphatic rings. The molecule has 0 aromatic heterocycles. The third-order valence-electron chi connectivity index (χ3n) is 4.29. The highest BCUT2D eigenvalue weighted by molar-refractivity contribution is 5.17. The first-order valence-corrected chi connectivity index (χ1v) is 7.59. The molecule has 2 rings (SSSR count). The minimum atomic E-state index is -0.0761. The number of piperidine rings is 1. The number of hydrogen-bond donors (Lipinski definition) is 1. The molecular weight excluding hydrogens is 248 g/mol. The SMILES string of the molecule is CC1(C)CCCC(C)(C)N1OC(CN)c1ccccc1. The van der Waals surface area contributed by atoms with Gasteiger partial charge in [-0.1, -0.05) is 30.3 Å². The van der Waals surface area contributed by atoms with Crippen LogP contribution in [0.3, 0.4) is 0 Å². The van der Waals surface area contributed by atoms with Crippen molar-refractivity contribution in [2.45, 2.75) is 64.1 Å². The van der Waals surface area contributed by atoms with E-state index in [1.807, 2.05) is 18.2 Å². The minimum absolute atomic E-state index is 0.0456. The molecule has 0 saturated carbocycles. The lowest BCUT2D eigenvalue weighted by molar-refractivity contribution is -0.305. The Bertz CT molecular complexity index is 412. The summed E-state index contributed by atoms with van der Waals surface area (Å²) in [7, 11) is 0. The Balaban J connectivity index is 2.20. The number of nitrogens with zero attached hydrogens (tertiary/aromatic N) is 1. The van der Waals surface area contributed by atoms with Crippen LogP contribution < -0.4 is 5.73 Å². The van der Waals surface area contributed by atoms with Gasteiger partial charge in [-0.15, -0.1) is 0 Å². The second kappa shape index (κ2) is 5.84. The third kappa shape index (κ3) is 3.22. The maximum Gasteiger partial charge on any atom is 0.116 e. The van der Waals surface area contributed by atoms with Crippen LogP contribution in [-0.2, 0) is 4.84 Å². The maximum atomic E-state index is 6.37. The standard InChI is InChI=1S/C17H28N2O/c1-16(2)11-8-12-17(3,4)19(16)20-15(13-18)14-9-6-5-7-10-14/h5-7,9-10,15H,8,11-13,18H2,1-4H3. The van der Waals surface area contributed by atoms with E-state index < -0.39 is 0 Å². The van der Waals surface area contributed by atoms with Crippen molar-refractivity contribution in [2.24, 2.45) is 5.73 Å². The van der Waals surface area contributed by atoms with E-state index in [0.29, 0.717) is 6.54 Å². The lowest BCUT2D eigenvalue weighted by atomic mass is 9.82. The van der Waals surface area contributed by atoms with Gasteiger partial charge >= 0.3 is 0 Å². The summed E-state index contributed by atoms with van der Waals surface area (Å²) in [5, 5.41) is 2.19. The fourth-order valence-electron chi connectivity index (χ4n) is 3.30. The Kier molecular flexibility index (Phi) is 4.52. The van der Waals surface area contributed by atoms with E-state index in [9.17, 15) is 0 Å². The first-order chi connectivity index (χ1) is 9.37. The lowest BCUT2D eigenvalue weighted by Crippen LogP contribution is -2.58. The molecule has 20 heavy (non-hydrogen) atoms. The van der Waals surface area contributed by atoms with Gasteiger partial charge in [0.1, 0.15) is 6.10 Å². The second-order valence-electron chi connectivity index (χ2n) is 7.01. The molecule has 1 atom stereocenters. The number of nitrogens with two attached hydrogens (primary N) is 1. The van der Waals surface area contributed by atoms with E-state index in [1.54, 1.807) is 0 Å². The van der Waals surface area contributed by atoms with E-state index in [-0.39, 0.29) is 17.2 Å². The van der Waals surface area contributed by atoms with Gasteiger partial charge in [0.25, 0.3) is 0 Å². The van der Waals surface area contributed by atoms with E-state index in [2.05, 4.69) is 44.9 Å². The molecule has 1 aliphatic heterocycles. The molecular formula is C17H28N2O. The Morgan fingerprint density at radius 1 is 1.10 bits per heavy atom. The van der Waals surface area contributed by atoms with Crippen molar-refractivity contribution in [1.29, 1.82) is 0 Å². The number of hydrogen-bond acceptors (Lipinski definition) is 3. The highest BCUT2D eigenvalue weighted by Gasteiger charge is 2.43. The molecule has 1 aromatic rings. The van der Waals surface area contributed by atoms with Crippen LogP contribution in [0, 0.1) is 0 Å². The zero-order chi connectivity index (χ0) is 14.8. The Morgan fingerprint density at radius 2 is 1.65 bits per heavy atom. The molecule has 1 aromatic carbocycles. The van der Waals surface area contributed by atoms with Crippen molar-refractivity contribution < 1.29 is 4.84 Å². The molecule has 0 bridgehead atoms. The van der Waals surface area contributed by atoms with Crippen LogP contribution >= 0.6 is 0 Å². The van der Waals surface area contributed by atoms with Crippen molar-refractivity contribution in [2.75, 3.05) is 6.54 Å². The van der Waals surface area contributed by atoms with Gasteiger partial charge in [0.2, 0.25) is 0 Å². The summed E-state index contributed by atoms with van der Waals surface area (Å²) in [5.74, 6) is 0. The topological polar surface area (TPSA) is 38.5 Å². The summed E-state index contributed by atoms with van der Waals surface area (Å²) in [6, 6.07) is 10.3. The largest absolute Gasteiger partial charge is 0.328 e. The summed E-state index contributed by atoms with van der Waals surface area (Å²) in [5.41, 5.74) is 7.18. The molecule has 0 radical (unpaired) electrons. The molecule has 0 aliphatic carbocycles. The van der Waals surface area contributed by atoms with E-state index in [0.717, 1.165) is 18.4 Å². The van der Waals surface area contributed by atoms with Gasteiger partial charge in [0.15, 0.2) is 0 Å². The van der Waals surface area contributed by atoms with E-state index >= 15 is 0 Å². The molecule has 0 amide bonds. The molecule has 1 unspecified atom stereocenters. The number of rotatable bonds is 4. The molecule has 2 N–H and O–H groups in total. The second-order valence-corrected chi connectivity index (χ2v) is 7.01. The Labute approximate surface area is 123 Å². The number of hydroxylamine groups is 2. The summed E-state index contributed by atoms with van der Waals surface area (Å²) in [6.07, 6.45) is 3.48. The average Bonchev–Trinajstić information content (AvgIpc) is 2.38. The van der Waals surface area contributed by atoms with Crippen LogP contribution in [-0.4, -0.2) is 22.7 Å². The predicted molar refractivity (Wildman–Crippen MR) is 83.2 cm³/mol. The molecule has 0 spiro atoms. The number of benzene rings is 1. The van der Waals surface area contributed by atoms with Crippen LogP contribution in [0.25, 0.3) is 0 Å². The van der Waals surface area contributed by atoms with Crippen molar-refractivity contribution >= 4 is 0 Å². The molecule has 3 nitrogen and oxygen atoms in total. The van der Waals surface area contributed by atoms with Crippen molar-refractivity contribution in [3.63, 3.8) is 0 Å². The van der Waals surface area contributed by atoms with Crippen LogP contribution in [0.15, 0.2) is 30.3 Å². The first kappa shape index (κ1) is 15.5. The lowest BCUT2D eigenvalue weighted by Gasteiger charge is -2.52. The molecule has 1 heterocycles. The summed E-state index contributed by atoms with van der Waals surface area (Å²) >= 11 is 0. The quantitative estimate of drug-likeness (QED) is 0.912. The Hall–Kier alpha value is -0.900. The van der Waals surface area contributed by atoms with Gasteiger partial charge in [0, 0.05) is 17.6 Å². The van der Waals surface area contributed by atoms with Crippen LogP contribution in [0.2, 0.25) is 0 Å². The van der Waals surface area contributed by atoms with Gasteiger partial charge in [0.05, 0.1) is 0 Å². The van der Waals surface area contributed by atoms with Gasteiger partial charge in [-0.3, -0.25) is 4.84 Å². The van der Waals surface area contributed by atoms with Gasteiger partial charge in [-0.05, 0) is 52.5 Å². The normalized spacial score (nSPS) is 23.4. The third-order valence-corrected chi connectivity index (χ3v) is 4.29. The molecule has 1 fully saturated rings. The zero-order valence-electron chi connectivity index (χ0n) is 13.2. The van der Waals surface area contributed by atoms with E-state index in [1.165, 1.54) is 6.42 Å². The predicted octanol–water partition coefficient (Wildman–Crippen LogP) is 3.66. The van der Waals surface area contributed by atoms with Crippen LogP contribution in [0.1, 0.15) is 58.6 Å². The summed E-state index contributed by atoms with van der Waals surface area (Å²) < 4.78 is 0. The summed E-state index contributed by atoms with van der Waals surface area (Å²) in [6.45, 7) is 9.52. The van der Waals surface area contributed by atoms with Gasteiger partial charge in [-0.2, -0.15) is 5.06 Å². The van der Waals surface area contributed by atoms with Crippen molar-refractivity contribution in [3.8, 4) is 0 Å². The Morgan fingerprint density at radius 3 is 2.15 bits per heavy atom. The van der Waals surface area contributed by atoms with Gasteiger partial charge in [-0.25, -0.2) is 0 Å². The molecule has 1 saturated heterocycles. The molecule has 3 heteroatoms. The fraction of sp³-hybridized carbons (Fsp3) is 0.647. The monoisotopic (exact) mass is 276 g/mol. The van der Waals surface area contributed by atoms with Crippen LogP contribution in [0.5, 0.6) is 0 Å². The smallest absolute Gasteiger partial charge is 0.116 e. The zero-order valence-corrected chi connectivity index (χ0v) is 13.2.